The molecule has 7 aromatic carbocycles. The normalized spacial score (nSPS) is 13.5. The molecule has 0 atom stereocenters. The SMILES string of the molecule is C[Si]1(C)c2cc(N(c3ccccc3)c3ccc4c(ccc5ccccc54)c3)ccc2-c2c1ccc1c2sc2ccccc21. The molecular weight excluding hydrogens is 555 g/mol. The summed E-state index contributed by atoms with van der Waals surface area (Å²) in [6.45, 7) is 5.04. The Kier molecular flexibility index (Phi) is 5.29. The van der Waals surface area contributed by atoms with E-state index in [2.05, 4.69) is 158 Å². The summed E-state index contributed by atoms with van der Waals surface area (Å²) < 4.78 is 2.81. The molecule has 1 aliphatic heterocycles. The summed E-state index contributed by atoms with van der Waals surface area (Å²) in [4.78, 5) is 2.43. The van der Waals surface area contributed by atoms with Crippen molar-refractivity contribution in [1.82, 2.24) is 0 Å². The predicted octanol–water partition coefficient (Wildman–Crippen LogP) is 10.6. The fourth-order valence-corrected chi connectivity index (χ4v) is 11.7. The second kappa shape index (κ2) is 9.15. The molecule has 0 saturated carbocycles. The average molecular weight is 584 g/mol. The fourth-order valence-electron chi connectivity index (χ4n) is 7.29. The summed E-state index contributed by atoms with van der Waals surface area (Å²) in [5.74, 6) is 0. The summed E-state index contributed by atoms with van der Waals surface area (Å²) in [6.07, 6.45) is 0. The summed E-state index contributed by atoms with van der Waals surface area (Å²) in [5, 5.41) is 11.0. The number of hydrogen-bond acceptors (Lipinski definition) is 2. The summed E-state index contributed by atoms with van der Waals surface area (Å²) in [7, 11) is -1.92. The van der Waals surface area contributed by atoms with Crippen molar-refractivity contribution >= 4 is 88.6 Å². The maximum Gasteiger partial charge on any atom is 0.114 e. The van der Waals surface area contributed by atoms with E-state index in [1.54, 1.807) is 5.19 Å². The number of rotatable bonds is 3. The van der Waals surface area contributed by atoms with Crippen molar-refractivity contribution in [3.05, 3.63) is 140 Å². The monoisotopic (exact) mass is 583 g/mol. The van der Waals surface area contributed by atoms with Crippen LogP contribution in [0.2, 0.25) is 13.1 Å². The Hall–Kier alpha value is -4.70. The van der Waals surface area contributed by atoms with Gasteiger partial charge >= 0.3 is 0 Å². The summed E-state index contributed by atoms with van der Waals surface area (Å²) in [5.41, 5.74) is 6.46. The Morgan fingerprint density at radius 3 is 2.05 bits per heavy atom. The Bertz CT molecular complexity index is 2380. The fraction of sp³-hybridized carbons (Fsp3) is 0.0500. The smallest absolute Gasteiger partial charge is 0.114 e. The zero-order chi connectivity index (χ0) is 28.7. The van der Waals surface area contributed by atoms with E-state index in [-0.39, 0.29) is 0 Å². The molecule has 43 heavy (non-hydrogen) atoms. The van der Waals surface area contributed by atoms with Gasteiger partial charge in [-0.25, -0.2) is 0 Å². The lowest BCUT2D eigenvalue weighted by Crippen LogP contribution is -2.49. The van der Waals surface area contributed by atoms with Crippen LogP contribution >= 0.6 is 11.3 Å². The van der Waals surface area contributed by atoms with E-state index in [1.807, 2.05) is 11.3 Å². The second-order valence-corrected chi connectivity index (χ2v) is 17.6. The lowest BCUT2D eigenvalue weighted by Gasteiger charge is -2.28. The number of anilines is 3. The van der Waals surface area contributed by atoms with E-state index in [0.29, 0.717) is 0 Å². The van der Waals surface area contributed by atoms with Crippen LogP contribution in [0, 0.1) is 0 Å². The molecule has 0 fully saturated rings. The van der Waals surface area contributed by atoms with Gasteiger partial charge < -0.3 is 4.90 Å². The highest BCUT2D eigenvalue weighted by Gasteiger charge is 2.39. The highest BCUT2D eigenvalue weighted by molar-refractivity contribution is 7.26. The first-order chi connectivity index (χ1) is 21.1. The number of thiophene rings is 1. The topological polar surface area (TPSA) is 3.24 Å². The lowest BCUT2D eigenvalue weighted by atomic mass is 10.0. The molecule has 3 heteroatoms. The van der Waals surface area contributed by atoms with Crippen LogP contribution in [0.15, 0.2) is 140 Å². The number of fused-ring (bicyclic) bond motifs is 10. The van der Waals surface area contributed by atoms with E-state index < -0.39 is 8.07 Å². The van der Waals surface area contributed by atoms with Gasteiger partial charge in [-0.2, -0.15) is 0 Å². The second-order valence-electron chi connectivity index (χ2n) is 12.2. The van der Waals surface area contributed by atoms with E-state index in [0.717, 1.165) is 0 Å². The molecule has 0 amide bonds. The van der Waals surface area contributed by atoms with Crippen LogP contribution < -0.4 is 15.3 Å². The van der Waals surface area contributed by atoms with Crippen LogP contribution in [0.3, 0.4) is 0 Å². The molecule has 9 rings (SSSR count). The van der Waals surface area contributed by atoms with Crippen molar-refractivity contribution < 1.29 is 0 Å². The molecule has 8 aromatic rings. The van der Waals surface area contributed by atoms with E-state index >= 15 is 0 Å². The highest BCUT2D eigenvalue weighted by atomic mass is 32.1. The number of hydrogen-bond donors (Lipinski definition) is 0. The molecule has 2 heterocycles. The average Bonchev–Trinajstić information content (AvgIpc) is 3.54. The molecular formula is C40H29NSSi. The van der Waals surface area contributed by atoms with Gasteiger partial charge in [0.15, 0.2) is 0 Å². The van der Waals surface area contributed by atoms with Crippen molar-refractivity contribution in [3.8, 4) is 11.1 Å². The first-order valence-electron chi connectivity index (χ1n) is 14.9. The quantitative estimate of drug-likeness (QED) is 0.148. The van der Waals surface area contributed by atoms with Crippen LogP contribution in [0.25, 0.3) is 52.8 Å². The molecule has 1 aromatic heterocycles. The minimum Gasteiger partial charge on any atom is -0.310 e. The van der Waals surface area contributed by atoms with Gasteiger partial charge in [0.05, 0.1) is 0 Å². The van der Waals surface area contributed by atoms with Gasteiger partial charge in [0.2, 0.25) is 0 Å². The lowest BCUT2D eigenvalue weighted by molar-refractivity contribution is 1.29. The molecule has 0 radical (unpaired) electrons. The van der Waals surface area contributed by atoms with Crippen molar-refractivity contribution in [2.75, 3.05) is 4.90 Å². The maximum absolute atomic E-state index is 2.52. The van der Waals surface area contributed by atoms with Crippen LogP contribution in [-0.2, 0) is 0 Å². The first kappa shape index (κ1) is 24.9. The predicted molar refractivity (Wildman–Crippen MR) is 191 cm³/mol. The van der Waals surface area contributed by atoms with Gasteiger partial charge in [-0.15, -0.1) is 11.3 Å². The first-order valence-corrected chi connectivity index (χ1v) is 18.8. The third-order valence-corrected chi connectivity index (χ3v) is 14.2. The molecule has 204 valence electrons. The van der Waals surface area contributed by atoms with Crippen molar-refractivity contribution in [2.45, 2.75) is 13.1 Å². The minimum absolute atomic E-state index is 1.17. The van der Waals surface area contributed by atoms with Crippen molar-refractivity contribution in [3.63, 3.8) is 0 Å². The zero-order valence-electron chi connectivity index (χ0n) is 24.1. The molecule has 0 N–H and O–H groups in total. The molecule has 0 saturated heterocycles. The molecule has 0 aliphatic carbocycles. The van der Waals surface area contributed by atoms with Gasteiger partial charge in [0.1, 0.15) is 8.07 Å². The van der Waals surface area contributed by atoms with Crippen molar-refractivity contribution in [2.24, 2.45) is 0 Å². The molecule has 1 aliphatic rings. The van der Waals surface area contributed by atoms with Gasteiger partial charge in [-0.1, -0.05) is 110 Å². The van der Waals surface area contributed by atoms with Gasteiger partial charge in [0.25, 0.3) is 0 Å². The number of nitrogens with zero attached hydrogens (tertiary/aromatic N) is 1. The van der Waals surface area contributed by atoms with Crippen LogP contribution in [0.5, 0.6) is 0 Å². The third-order valence-electron chi connectivity index (χ3n) is 9.43. The van der Waals surface area contributed by atoms with Crippen LogP contribution in [0.1, 0.15) is 0 Å². The largest absolute Gasteiger partial charge is 0.310 e. The molecule has 0 unspecified atom stereocenters. The maximum atomic E-state index is 2.52. The summed E-state index contributed by atoms with van der Waals surface area (Å²) in [6, 6.07) is 51.8. The molecule has 1 nitrogen and oxygen atoms in total. The van der Waals surface area contributed by atoms with Crippen molar-refractivity contribution in [1.29, 1.82) is 0 Å². The van der Waals surface area contributed by atoms with Gasteiger partial charge in [-0.3, -0.25) is 0 Å². The van der Waals surface area contributed by atoms with E-state index in [1.165, 1.54) is 75.1 Å². The minimum atomic E-state index is -1.92. The van der Waals surface area contributed by atoms with E-state index in [9.17, 15) is 0 Å². The Morgan fingerprint density at radius 2 is 1.16 bits per heavy atom. The third kappa shape index (κ3) is 3.62. The Morgan fingerprint density at radius 1 is 0.488 bits per heavy atom. The highest BCUT2D eigenvalue weighted by Crippen LogP contribution is 2.44. The Balaban J connectivity index is 1.25. The number of benzene rings is 7. The van der Waals surface area contributed by atoms with Crippen LogP contribution in [-0.4, -0.2) is 8.07 Å². The molecule has 0 spiro atoms. The number of para-hydroxylation sites is 1. The Labute approximate surface area is 256 Å². The van der Waals surface area contributed by atoms with Gasteiger partial charge in [0, 0.05) is 37.2 Å². The van der Waals surface area contributed by atoms with Crippen LogP contribution in [0.4, 0.5) is 17.1 Å². The molecule has 0 bridgehead atoms. The summed E-state index contributed by atoms with van der Waals surface area (Å²) >= 11 is 1.95. The standard InChI is InChI=1S/C40H29NSSi/c1-43(2)37-23-22-34-33-14-8-9-15-36(33)42-40(34)39(37)35-21-19-30(25-38(35)43)41(28-11-4-3-5-12-28)29-18-20-32-27(24-29)17-16-26-10-6-7-13-31(26)32/h3-25H,1-2H3. The van der Waals surface area contributed by atoms with Gasteiger partial charge in [-0.05, 0) is 85.5 Å². The zero-order valence-corrected chi connectivity index (χ0v) is 26.0. The van der Waals surface area contributed by atoms with E-state index in [4.69, 9.17) is 0 Å².